The topological polar surface area (TPSA) is 27.1 Å². The van der Waals surface area contributed by atoms with Gasteiger partial charge in [-0.05, 0) is 35.7 Å². The van der Waals surface area contributed by atoms with Gasteiger partial charge in [0.2, 0.25) is 0 Å². The van der Waals surface area contributed by atoms with Gasteiger partial charge in [-0.3, -0.25) is 0 Å². The molecular weight excluding hydrogens is 272 g/mol. The van der Waals surface area contributed by atoms with Crippen LogP contribution in [0, 0.1) is 5.92 Å². The van der Waals surface area contributed by atoms with Crippen LogP contribution in [0.5, 0.6) is 5.75 Å². The van der Waals surface area contributed by atoms with E-state index in [4.69, 9.17) is 9.72 Å². The Balaban J connectivity index is 1.97. The monoisotopic (exact) mass is 294 g/mol. The lowest BCUT2D eigenvalue weighted by Gasteiger charge is -2.12. The Hall–Kier alpha value is -2.29. The van der Waals surface area contributed by atoms with Crippen LogP contribution in [0.2, 0.25) is 0 Å². The van der Waals surface area contributed by atoms with E-state index < -0.39 is 0 Å². The summed E-state index contributed by atoms with van der Waals surface area (Å²) in [6.45, 7) is 5.48. The number of rotatable bonds is 5. The molecule has 0 saturated heterocycles. The zero-order chi connectivity index (χ0) is 15.5. The fraction of sp³-hybridized carbons (Fsp3) is 0.316. The fourth-order valence-corrected chi connectivity index (χ4v) is 2.76. The van der Waals surface area contributed by atoms with E-state index in [1.807, 2.05) is 18.2 Å². The first-order chi connectivity index (χ1) is 10.7. The maximum atomic E-state index is 5.22. The average Bonchev–Trinajstić information content (AvgIpc) is 2.85. The van der Waals surface area contributed by atoms with Crippen LogP contribution < -0.4 is 4.74 Å². The SMILES string of the molecule is COc1ccc(Cc2nc3ccccc3n2CC(C)C)cc1. The number of ether oxygens (including phenoxy) is 1. The number of para-hydroxylation sites is 2. The third-order valence-corrected chi connectivity index (χ3v) is 3.80. The third-order valence-electron chi connectivity index (χ3n) is 3.80. The summed E-state index contributed by atoms with van der Waals surface area (Å²) in [6, 6.07) is 16.6. The van der Waals surface area contributed by atoms with Crippen LogP contribution in [0.25, 0.3) is 11.0 Å². The van der Waals surface area contributed by atoms with E-state index in [1.54, 1.807) is 7.11 Å². The third kappa shape index (κ3) is 2.98. The average molecular weight is 294 g/mol. The fourth-order valence-electron chi connectivity index (χ4n) is 2.76. The van der Waals surface area contributed by atoms with Crippen LogP contribution >= 0.6 is 0 Å². The summed E-state index contributed by atoms with van der Waals surface area (Å²) in [6.07, 6.45) is 0.839. The Kier molecular flexibility index (Phi) is 4.14. The second-order valence-corrected chi connectivity index (χ2v) is 6.05. The number of hydrogen-bond acceptors (Lipinski definition) is 2. The highest BCUT2D eigenvalue weighted by molar-refractivity contribution is 5.76. The molecule has 3 nitrogen and oxygen atoms in total. The Bertz CT molecular complexity index is 757. The van der Waals surface area contributed by atoms with Crippen LogP contribution in [0.1, 0.15) is 25.2 Å². The van der Waals surface area contributed by atoms with Crippen molar-refractivity contribution < 1.29 is 4.74 Å². The number of methoxy groups -OCH3 is 1. The molecule has 0 saturated carbocycles. The highest BCUT2D eigenvalue weighted by Gasteiger charge is 2.12. The molecule has 0 aliphatic heterocycles. The van der Waals surface area contributed by atoms with E-state index in [1.165, 1.54) is 11.1 Å². The summed E-state index contributed by atoms with van der Waals surface area (Å²) in [5.74, 6) is 2.60. The predicted molar refractivity (Wildman–Crippen MR) is 90.4 cm³/mol. The van der Waals surface area contributed by atoms with Crippen molar-refractivity contribution in [2.45, 2.75) is 26.8 Å². The van der Waals surface area contributed by atoms with Gasteiger partial charge in [0.1, 0.15) is 11.6 Å². The molecule has 3 heteroatoms. The lowest BCUT2D eigenvalue weighted by Crippen LogP contribution is -2.09. The normalized spacial score (nSPS) is 11.3. The van der Waals surface area contributed by atoms with Crippen LogP contribution in [-0.4, -0.2) is 16.7 Å². The van der Waals surface area contributed by atoms with Crippen molar-refractivity contribution in [1.29, 1.82) is 0 Å². The van der Waals surface area contributed by atoms with E-state index in [9.17, 15) is 0 Å². The molecule has 0 aliphatic carbocycles. The molecule has 0 amide bonds. The first-order valence-electron chi connectivity index (χ1n) is 7.74. The van der Waals surface area contributed by atoms with E-state index in [-0.39, 0.29) is 0 Å². The van der Waals surface area contributed by atoms with Gasteiger partial charge >= 0.3 is 0 Å². The minimum Gasteiger partial charge on any atom is -0.497 e. The van der Waals surface area contributed by atoms with Gasteiger partial charge in [0, 0.05) is 13.0 Å². The number of benzene rings is 2. The molecule has 0 fully saturated rings. The van der Waals surface area contributed by atoms with Crippen molar-refractivity contribution in [2.75, 3.05) is 7.11 Å². The highest BCUT2D eigenvalue weighted by Crippen LogP contribution is 2.21. The zero-order valence-corrected chi connectivity index (χ0v) is 13.4. The molecule has 22 heavy (non-hydrogen) atoms. The van der Waals surface area contributed by atoms with Crippen LogP contribution in [0.3, 0.4) is 0 Å². The van der Waals surface area contributed by atoms with Crippen molar-refractivity contribution in [3.05, 3.63) is 59.9 Å². The summed E-state index contributed by atoms with van der Waals surface area (Å²) in [5.41, 5.74) is 3.55. The second kappa shape index (κ2) is 6.22. The maximum absolute atomic E-state index is 5.22. The van der Waals surface area contributed by atoms with E-state index in [2.05, 4.69) is 48.7 Å². The van der Waals surface area contributed by atoms with Crippen LogP contribution in [0.15, 0.2) is 48.5 Å². The van der Waals surface area contributed by atoms with E-state index >= 15 is 0 Å². The second-order valence-electron chi connectivity index (χ2n) is 6.05. The summed E-state index contributed by atoms with van der Waals surface area (Å²) >= 11 is 0. The Labute approximate surface area is 131 Å². The molecule has 3 rings (SSSR count). The van der Waals surface area contributed by atoms with E-state index in [0.29, 0.717) is 5.92 Å². The molecule has 0 atom stereocenters. The summed E-state index contributed by atoms with van der Waals surface area (Å²) in [4.78, 5) is 4.84. The van der Waals surface area contributed by atoms with Crippen LogP contribution in [-0.2, 0) is 13.0 Å². The summed E-state index contributed by atoms with van der Waals surface area (Å²) in [7, 11) is 1.69. The number of imidazole rings is 1. The molecule has 1 heterocycles. The predicted octanol–water partition coefficient (Wildman–Crippen LogP) is 4.29. The molecule has 0 radical (unpaired) electrons. The van der Waals surface area contributed by atoms with Gasteiger partial charge < -0.3 is 9.30 Å². The largest absolute Gasteiger partial charge is 0.497 e. The Morgan fingerprint density at radius 3 is 2.45 bits per heavy atom. The standard InChI is InChI=1S/C19H22N2O/c1-14(2)13-21-18-7-5-4-6-17(18)20-19(21)12-15-8-10-16(22-3)11-9-15/h4-11,14H,12-13H2,1-3H3. The molecule has 0 unspecified atom stereocenters. The first-order valence-corrected chi connectivity index (χ1v) is 7.74. The minimum atomic E-state index is 0.590. The molecule has 0 spiro atoms. The van der Waals surface area contributed by atoms with Crippen molar-refractivity contribution in [3.8, 4) is 5.75 Å². The van der Waals surface area contributed by atoms with Gasteiger partial charge in [-0.15, -0.1) is 0 Å². The Morgan fingerprint density at radius 2 is 1.77 bits per heavy atom. The van der Waals surface area contributed by atoms with Crippen molar-refractivity contribution in [1.82, 2.24) is 9.55 Å². The van der Waals surface area contributed by atoms with Crippen LogP contribution in [0.4, 0.5) is 0 Å². The van der Waals surface area contributed by atoms with E-state index in [0.717, 1.165) is 30.1 Å². The lowest BCUT2D eigenvalue weighted by atomic mass is 10.1. The van der Waals surface area contributed by atoms with Gasteiger partial charge in [-0.2, -0.15) is 0 Å². The van der Waals surface area contributed by atoms with Crippen molar-refractivity contribution >= 4 is 11.0 Å². The van der Waals surface area contributed by atoms with Gasteiger partial charge in [0.25, 0.3) is 0 Å². The number of fused-ring (bicyclic) bond motifs is 1. The molecular formula is C19H22N2O. The first kappa shape index (κ1) is 14.6. The Morgan fingerprint density at radius 1 is 1.05 bits per heavy atom. The minimum absolute atomic E-state index is 0.590. The molecule has 0 bridgehead atoms. The van der Waals surface area contributed by atoms with Gasteiger partial charge in [0.15, 0.2) is 0 Å². The highest BCUT2D eigenvalue weighted by atomic mass is 16.5. The molecule has 2 aromatic carbocycles. The van der Waals surface area contributed by atoms with Gasteiger partial charge in [-0.25, -0.2) is 4.98 Å². The van der Waals surface area contributed by atoms with Gasteiger partial charge in [-0.1, -0.05) is 38.1 Å². The zero-order valence-electron chi connectivity index (χ0n) is 13.4. The molecule has 3 aromatic rings. The lowest BCUT2D eigenvalue weighted by molar-refractivity contribution is 0.414. The molecule has 114 valence electrons. The number of hydrogen-bond donors (Lipinski definition) is 0. The van der Waals surface area contributed by atoms with Crippen molar-refractivity contribution in [3.63, 3.8) is 0 Å². The smallest absolute Gasteiger partial charge is 0.118 e. The van der Waals surface area contributed by atoms with Gasteiger partial charge in [0.05, 0.1) is 18.1 Å². The van der Waals surface area contributed by atoms with Crippen molar-refractivity contribution in [2.24, 2.45) is 5.92 Å². The molecule has 0 N–H and O–H groups in total. The summed E-state index contributed by atoms with van der Waals surface area (Å²) in [5, 5.41) is 0. The maximum Gasteiger partial charge on any atom is 0.118 e. The number of nitrogens with zero attached hydrogens (tertiary/aromatic N) is 2. The quantitative estimate of drug-likeness (QED) is 0.702. The summed E-state index contributed by atoms with van der Waals surface area (Å²) < 4.78 is 7.57. The molecule has 1 aromatic heterocycles. The molecule has 0 aliphatic rings. The number of aromatic nitrogens is 2.